The third-order valence-corrected chi connectivity index (χ3v) is 3.99. The van der Waals surface area contributed by atoms with E-state index in [1.165, 1.54) is 0 Å². The lowest BCUT2D eigenvalue weighted by atomic mass is 9.89. The number of primary amides is 1. The average molecular weight is 318 g/mol. The van der Waals surface area contributed by atoms with Gasteiger partial charge in [-0.1, -0.05) is 49.6 Å². The molecule has 6 nitrogen and oxygen atoms in total. The van der Waals surface area contributed by atoms with Crippen LogP contribution in [0.5, 0.6) is 0 Å². The highest BCUT2D eigenvalue weighted by Crippen LogP contribution is 2.23. The van der Waals surface area contributed by atoms with Crippen LogP contribution >= 0.6 is 0 Å². The van der Waals surface area contributed by atoms with E-state index in [-0.39, 0.29) is 18.4 Å². The molecule has 0 aromatic heterocycles. The van der Waals surface area contributed by atoms with Crippen molar-refractivity contribution in [3.8, 4) is 0 Å². The van der Waals surface area contributed by atoms with Crippen LogP contribution < -0.4 is 11.1 Å². The number of rotatable bonds is 6. The molecule has 1 aromatic carbocycles. The summed E-state index contributed by atoms with van der Waals surface area (Å²) in [6.45, 7) is -0.258. The SMILES string of the molecule is NC(=O)[C@@H](OC(=O)CNC(=O)C1CCCCC1)c1ccccc1. The molecule has 0 radical (unpaired) electrons. The number of hydrogen-bond acceptors (Lipinski definition) is 4. The molecule has 1 aliphatic rings. The van der Waals surface area contributed by atoms with Crippen LogP contribution in [0.4, 0.5) is 0 Å². The van der Waals surface area contributed by atoms with E-state index in [4.69, 9.17) is 10.5 Å². The highest BCUT2D eigenvalue weighted by molar-refractivity contribution is 5.86. The maximum absolute atomic E-state index is 12.0. The molecule has 0 unspecified atom stereocenters. The molecule has 0 bridgehead atoms. The highest BCUT2D eigenvalue weighted by atomic mass is 16.5. The van der Waals surface area contributed by atoms with Crippen molar-refractivity contribution in [3.05, 3.63) is 35.9 Å². The van der Waals surface area contributed by atoms with Crippen LogP contribution in [0, 0.1) is 5.92 Å². The molecule has 23 heavy (non-hydrogen) atoms. The lowest BCUT2D eigenvalue weighted by molar-refractivity contribution is -0.155. The van der Waals surface area contributed by atoms with Gasteiger partial charge in [0.25, 0.3) is 5.91 Å². The van der Waals surface area contributed by atoms with E-state index >= 15 is 0 Å². The Balaban J connectivity index is 1.85. The zero-order valence-electron chi connectivity index (χ0n) is 13.0. The maximum Gasteiger partial charge on any atom is 0.326 e. The molecule has 2 amide bonds. The fourth-order valence-electron chi connectivity index (χ4n) is 2.76. The Kier molecular flexibility index (Phi) is 6.14. The normalized spacial score (nSPS) is 16.3. The summed E-state index contributed by atoms with van der Waals surface area (Å²) >= 11 is 0. The Labute approximate surface area is 135 Å². The van der Waals surface area contributed by atoms with Crippen LogP contribution in [0.25, 0.3) is 0 Å². The number of nitrogens with two attached hydrogens (primary N) is 1. The number of hydrogen-bond donors (Lipinski definition) is 2. The van der Waals surface area contributed by atoms with E-state index in [2.05, 4.69) is 5.32 Å². The van der Waals surface area contributed by atoms with Crippen LogP contribution in [0.3, 0.4) is 0 Å². The second-order valence-corrected chi connectivity index (χ2v) is 5.74. The van der Waals surface area contributed by atoms with Crippen LogP contribution in [-0.4, -0.2) is 24.3 Å². The zero-order valence-corrected chi connectivity index (χ0v) is 13.0. The van der Waals surface area contributed by atoms with E-state index in [0.717, 1.165) is 32.1 Å². The first kappa shape index (κ1) is 17.0. The summed E-state index contributed by atoms with van der Waals surface area (Å²) in [5.74, 6) is -1.58. The summed E-state index contributed by atoms with van der Waals surface area (Å²) in [5.41, 5.74) is 5.79. The predicted molar refractivity (Wildman–Crippen MR) is 84.1 cm³/mol. The number of ether oxygens (including phenoxy) is 1. The summed E-state index contributed by atoms with van der Waals surface area (Å²) < 4.78 is 5.11. The number of amides is 2. The number of carbonyl (C=O) groups excluding carboxylic acids is 3. The zero-order chi connectivity index (χ0) is 16.7. The van der Waals surface area contributed by atoms with Crippen molar-refractivity contribution >= 4 is 17.8 Å². The number of esters is 1. The standard InChI is InChI=1S/C17H22N2O4/c18-16(21)15(12-7-3-1-4-8-12)23-14(20)11-19-17(22)13-9-5-2-6-10-13/h1,3-4,7-8,13,15H,2,5-6,9-11H2,(H2,18,21)(H,19,22)/t15-/m0/s1. The van der Waals surface area contributed by atoms with Crippen LogP contribution in [0.2, 0.25) is 0 Å². The van der Waals surface area contributed by atoms with E-state index in [9.17, 15) is 14.4 Å². The average Bonchev–Trinajstić information content (AvgIpc) is 2.58. The maximum atomic E-state index is 12.0. The molecule has 3 N–H and O–H groups in total. The van der Waals surface area contributed by atoms with Gasteiger partial charge in [-0.25, -0.2) is 0 Å². The summed E-state index contributed by atoms with van der Waals surface area (Å²) in [7, 11) is 0. The van der Waals surface area contributed by atoms with Gasteiger partial charge in [0.2, 0.25) is 12.0 Å². The van der Waals surface area contributed by atoms with Crippen LogP contribution in [0.15, 0.2) is 30.3 Å². The molecule has 1 aliphatic carbocycles. The minimum Gasteiger partial charge on any atom is -0.446 e. The topological polar surface area (TPSA) is 98.5 Å². The smallest absolute Gasteiger partial charge is 0.326 e. The lowest BCUT2D eigenvalue weighted by Gasteiger charge is -2.21. The highest BCUT2D eigenvalue weighted by Gasteiger charge is 2.24. The van der Waals surface area contributed by atoms with Gasteiger partial charge in [0.15, 0.2) is 0 Å². The molecule has 0 heterocycles. The molecule has 2 rings (SSSR count). The molecule has 1 saturated carbocycles. The Morgan fingerprint density at radius 1 is 1.13 bits per heavy atom. The fraction of sp³-hybridized carbons (Fsp3) is 0.471. The minimum absolute atomic E-state index is 0.0300. The molecule has 6 heteroatoms. The molecular formula is C17H22N2O4. The Hall–Kier alpha value is -2.37. The summed E-state index contributed by atoms with van der Waals surface area (Å²) in [4.78, 5) is 35.3. The molecule has 0 aliphatic heterocycles. The van der Waals surface area contributed by atoms with E-state index in [1.54, 1.807) is 30.3 Å². The molecule has 1 atom stereocenters. The Bertz CT molecular complexity index is 553. The van der Waals surface area contributed by atoms with Gasteiger partial charge in [-0.3, -0.25) is 14.4 Å². The molecule has 1 aromatic rings. The van der Waals surface area contributed by atoms with E-state index in [0.29, 0.717) is 5.56 Å². The van der Waals surface area contributed by atoms with Crippen molar-refractivity contribution in [1.82, 2.24) is 5.32 Å². The lowest BCUT2D eigenvalue weighted by Crippen LogP contribution is -2.37. The summed E-state index contributed by atoms with van der Waals surface area (Å²) in [5, 5.41) is 2.58. The van der Waals surface area contributed by atoms with Crippen molar-refractivity contribution in [1.29, 1.82) is 0 Å². The van der Waals surface area contributed by atoms with Gasteiger partial charge in [0.05, 0.1) is 0 Å². The van der Waals surface area contributed by atoms with Crippen LogP contribution in [-0.2, 0) is 19.1 Å². The minimum atomic E-state index is -1.14. The van der Waals surface area contributed by atoms with Crippen molar-refractivity contribution in [2.24, 2.45) is 11.7 Å². The van der Waals surface area contributed by atoms with Gasteiger partial charge >= 0.3 is 5.97 Å². The second-order valence-electron chi connectivity index (χ2n) is 5.74. The van der Waals surface area contributed by atoms with Crippen LogP contribution in [0.1, 0.15) is 43.8 Å². The van der Waals surface area contributed by atoms with Gasteiger partial charge in [-0.15, -0.1) is 0 Å². The van der Waals surface area contributed by atoms with Gasteiger partial charge in [0, 0.05) is 11.5 Å². The van der Waals surface area contributed by atoms with Gasteiger partial charge in [-0.2, -0.15) is 0 Å². The van der Waals surface area contributed by atoms with Gasteiger partial charge in [-0.05, 0) is 12.8 Å². The third kappa shape index (κ3) is 5.09. The van der Waals surface area contributed by atoms with Crippen molar-refractivity contribution in [2.75, 3.05) is 6.54 Å². The second kappa shape index (κ2) is 8.31. The molecular weight excluding hydrogens is 296 g/mol. The monoisotopic (exact) mass is 318 g/mol. The largest absolute Gasteiger partial charge is 0.446 e. The summed E-state index contributed by atoms with van der Waals surface area (Å²) in [6, 6.07) is 8.55. The Morgan fingerprint density at radius 3 is 2.39 bits per heavy atom. The predicted octanol–water partition coefficient (Wildman–Crippen LogP) is 1.45. The first-order valence-electron chi connectivity index (χ1n) is 7.89. The van der Waals surface area contributed by atoms with Crippen molar-refractivity contribution < 1.29 is 19.1 Å². The molecule has 1 fully saturated rings. The number of carbonyl (C=O) groups is 3. The first-order valence-corrected chi connectivity index (χ1v) is 7.89. The molecule has 0 spiro atoms. The number of benzene rings is 1. The quantitative estimate of drug-likeness (QED) is 0.776. The van der Waals surface area contributed by atoms with Gasteiger partial charge in [0.1, 0.15) is 6.54 Å². The van der Waals surface area contributed by atoms with E-state index in [1.807, 2.05) is 0 Å². The van der Waals surface area contributed by atoms with E-state index < -0.39 is 18.0 Å². The molecule has 124 valence electrons. The summed E-state index contributed by atoms with van der Waals surface area (Å²) in [6.07, 6.45) is 3.81. The van der Waals surface area contributed by atoms with Gasteiger partial charge < -0.3 is 15.8 Å². The van der Waals surface area contributed by atoms with Crippen molar-refractivity contribution in [3.63, 3.8) is 0 Å². The van der Waals surface area contributed by atoms with Crippen molar-refractivity contribution in [2.45, 2.75) is 38.2 Å². The third-order valence-electron chi connectivity index (χ3n) is 3.99. The molecule has 0 saturated heterocycles. The first-order chi connectivity index (χ1) is 11.1. The Morgan fingerprint density at radius 2 is 1.78 bits per heavy atom. The fourth-order valence-corrected chi connectivity index (χ4v) is 2.76. The number of nitrogens with one attached hydrogen (secondary N) is 1.